The van der Waals surface area contributed by atoms with Gasteiger partial charge in [0, 0.05) is 5.02 Å². The van der Waals surface area contributed by atoms with E-state index in [-0.39, 0.29) is 27.0 Å². The minimum atomic E-state index is -4.07. The molecular formula is C11H11ClFN3O3S. The van der Waals surface area contributed by atoms with Crippen LogP contribution in [0.1, 0.15) is 11.4 Å². The van der Waals surface area contributed by atoms with Gasteiger partial charge in [-0.25, -0.2) is 12.8 Å². The highest BCUT2D eigenvalue weighted by atomic mass is 35.5. The van der Waals surface area contributed by atoms with Gasteiger partial charge in [0.05, 0.1) is 18.0 Å². The summed E-state index contributed by atoms with van der Waals surface area (Å²) in [7, 11) is -4.07. The van der Waals surface area contributed by atoms with E-state index in [1.165, 1.54) is 19.1 Å². The standard InChI is InChI=1S/C11H11ClFN3O3S/c1-6-11(10(5-17)15-14-6)20(18,19)16-9-3-2-7(12)4-8(9)13/h2-4,16-17H,5H2,1H3,(H,14,15). The monoisotopic (exact) mass is 319 g/mol. The third-order valence-corrected chi connectivity index (χ3v) is 4.36. The van der Waals surface area contributed by atoms with Crippen LogP contribution in [0.4, 0.5) is 10.1 Å². The average molecular weight is 320 g/mol. The Morgan fingerprint density at radius 2 is 2.20 bits per heavy atom. The second-order valence-corrected chi connectivity index (χ2v) is 6.07. The van der Waals surface area contributed by atoms with Crippen LogP contribution < -0.4 is 4.72 Å². The summed E-state index contributed by atoms with van der Waals surface area (Å²) < 4.78 is 40.2. The molecule has 1 aromatic heterocycles. The number of aryl methyl sites for hydroxylation is 1. The number of hydrogen-bond donors (Lipinski definition) is 3. The highest BCUT2D eigenvalue weighted by molar-refractivity contribution is 7.92. The molecule has 0 atom stereocenters. The number of nitrogens with zero attached hydrogens (tertiary/aromatic N) is 1. The van der Waals surface area contributed by atoms with Crippen LogP contribution >= 0.6 is 11.6 Å². The van der Waals surface area contributed by atoms with Crippen LogP contribution in [0, 0.1) is 12.7 Å². The van der Waals surface area contributed by atoms with Crippen LogP contribution in [0.25, 0.3) is 0 Å². The Morgan fingerprint density at radius 3 is 2.80 bits per heavy atom. The van der Waals surface area contributed by atoms with Gasteiger partial charge in [-0.05, 0) is 25.1 Å². The third kappa shape index (κ3) is 2.77. The quantitative estimate of drug-likeness (QED) is 0.801. The van der Waals surface area contributed by atoms with Gasteiger partial charge in [-0.3, -0.25) is 9.82 Å². The predicted octanol–water partition coefficient (Wildman–Crippen LogP) is 1.80. The number of nitrogens with one attached hydrogen (secondary N) is 2. The van der Waals surface area contributed by atoms with E-state index in [1.54, 1.807) is 0 Å². The minimum Gasteiger partial charge on any atom is -0.390 e. The van der Waals surface area contributed by atoms with Crippen molar-refractivity contribution in [2.45, 2.75) is 18.4 Å². The first-order valence-corrected chi connectivity index (χ1v) is 7.34. The van der Waals surface area contributed by atoms with E-state index in [9.17, 15) is 12.8 Å². The van der Waals surface area contributed by atoms with Crippen LogP contribution in [-0.2, 0) is 16.6 Å². The van der Waals surface area contributed by atoms with Crippen molar-refractivity contribution in [2.24, 2.45) is 0 Å². The lowest BCUT2D eigenvalue weighted by Gasteiger charge is -2.09. The summed E-state index contributed by atoms with van der Waals surface area (Å²) in [6.07, 6.45) is 0. The van der Waals surface area contributed by atoms with Crippen LogP contribution in [-0.4, -0.2) is 23.7 Å². The summed E-state index contributed by atoms with van der Waals surface area (Å²) in [5.41, 5.74) is -0.0285. The number of hydrogen-bond acceptors (Lipinski definition) is 4. The van der Waals surface area contributed by atoms with Crippen molar-refractivity contribution in [2.75, 3.05) is 4.72 Å². The van der Waals surface area contributed by atoms with Gasteiger partial charge in [0.2, 0.25) is 0 Å². The molecule has 0 bridgehead atoms. The average Bonchev–Trinajstić information content (AvgIpc) is 2.75. The number of anilines is 1. The largest absolute Gasteiger partial charge is 0.390 e. The highest BCUT2D eigenvalue weighted by Crippen LogP contribution is 2.24. The molecule has 3 N–H and O–H groups in total. The Hall–Kier alpha value is -1.64. The molecule has 0 radical (unpaired) electrons. The summed E-state index contributed by atoms with van der Waals surface area (Å²) in [5.74, 6) is -0.798. The topological polar surface area (TPSA) is 95.1 Å². The number of H-pyrrole nitrogens is 1. The number of benzene rings is 1. The maximum absolute atomic E-state index is 13.6. The maximum Gasteiger partial charge on any atom is 0.265 e. The Balaban J connectivity index is 2.43. The van der Waals surface area contributed by atoms with E-state index in [4.69, 9.17) is 16.7 Å². The fraction of sp³-hybridized carbons (Fsp3) is 0.182. The van der Waals surface area contributed by atoms with E-state index >= 15 is 0 Å². The molecule has 1 aromatic carbocycles. The van der Waals surface area contributed by atoms with Gasteiger partial charge >= 0.3 is 0 Å². The maximum atomic E-state index is 13.6. The number of aliphatic hydroxyl groups excluding tert-OH is 1. The SMILES string of the molecule is Cc1[nH]nc(CO)c1S(=O)(=O)Nc1ccc(Cl)cc1F. The Bertz CT molecular complexity index is 745. The molecule has 0 spiro atoms. The van der Waals surface area contributed by atoms with E-state index in [2.05, 4.69) is 14.9 Å². The molecular weight excluding hydrogens is 309 g/mol. The molecule has 2 aromatic rings. The summed E-state index contributed by atoms with van der Waals surface area (Å²) in [4.78, 5) is -0.200. The molecule has 0 amide bonds. The number of aromatic nitrogens is 2. The zero-order valence-electron chi connectivity index (χ0n) is 10.3. The molecule has 6 nitrogen and oxygen atoms in total. The Kier molecular flexibility index (Phi) is 3.98. The molecule has 1 heterocycles. The first-order chi connectivity index (χ1) is 9.35. The normalized spacial score (nSPS) is 11.6. The highest BCUT2D eigenvalue weighted by Gasteiger charge is 2.25. The molecule has 0 saturated carbocycles. The fourth-order valence-electron chi connectivity index (χ4n) is 1.70. The summed E-state index contributed by atoms with van der Waals surface area (Å²) in [6, 6.07) is 3.56. The van der Waals surface area contributed by atoms with Crippen molar-refractivity contribution in [3.63, 3.8) is 0 Å². The number of sulfonamides is 1. The molecule has 20 heavy (non-hydrogen) atoms. The van der Waals surface area contributed by atoms with E-state index < -0.39 is 22.4 Å². The van der Waals surface area contributed by atoms with Crippen molar-refractivity contribution in [1.82, 2.24) is 10.2 Å². The molecule has 0 aliphatic carbocycles. The van der Waals surface area contributed by atoms with Gasteiger partial charge in [-0.1, -0.05) is 11.6 Å². The second-order valence-electron chi connectivity index (χ2n) is 4.01. The van der Waals surface area contributed by atoms with Crippen LogP contribution in [0.3, 0.4) is 0 Å². The van der Waals surface area contributed by atoms with Gasteiger partial charge in [0.25, 0.3) is 10.0 Å². The van der Waals surface area contributed by atoms with Gasteiger partial charge in [0.1, 0.15) is 16.4 Å². The van der Waals surface area contributed by atoms with Gasteiger partial charge in [0.15, 0.2) is 0 Å². The first-order valence-electron chi connectivity index (χ1n) is 5.47. The predicted molar refractivity (Wildman–Crippen MR) is 71.5 cm³/mol. The fourth-order valence-corrected chi connectivity index (χ4v) is 3.29. The lowest BCUT2D eigenvalue weighted by molar-refractivity contribution is 0.273. The Labute approximate surface area is 119 Å². The molecule has 108 valence electrons. The minimum absolute atomic E-state index is 0.0376. The van der Waals surface area contributed by atoms with Crippen LogP contribution in [0.15, 0.2) is 23.1 Å². The van der Waals surface area contributed by atoms with E-state index in [0.29, 0.717) is 0 Å². The first kappa shape index (κ1) is 14.8. The number of rotatable bonds is 4. The lowest BCUT2D eigenvalue weighted by Crippen LogP contribution is -2.16. The van der Waals surface area contributed by atoms with E-state index in [1.807, 2.05) is 0 Å². The van der Waals surface area contributed by atoms with Crippen molar-refractivity contribution in [3.05, 3.63) is 40.4 Å². The van der Waals surface area contributed by atoms with Crippen molar-refractivity contribution < 1.29 is 17.9 Å². The zero-order valence-corrected chi connectivity index (χ0v) is 11.9. The molecule has 0 saturated heterocycles. The van der Waals surface area contributed by atoms with Crippen LogP contribution in [0.2, 0.25) is 5.02 Å². The van der Waals surface area contributed by atoms with E-state index in [0.717, 1.165) is 6.07 Å². The molecule has 9 heteroatoms. The molecule has 0 unspecified atom stereocenters. The number of aromatic amines is 1. The lowest BCUT2D eigenvalue weighted by atomic mass is 10.3. The number of aliphatic hydroxyl groups is 1. The van der Waals surface area contributed by atoms with Crippen molar-refractivity contribution in [3.8, 4) is 0 Å². The molecule has 0 aliphatic heterocycles. The zero-order chi connectivity index (χ0) is 14.9. The number of halogens is 2. The Morgan fingerprint density at radius 1 is 1.50 bits per heavy atom. The van der Waals surface area contributed by atoms with Gasteiger partial charge in [-0.2, -0.15) is 5.10 Å². The smallest absolute Gasteiger partial charge is 0.265 e. The molecule has 0 aliphatic rings. The second kappa shape index (κ2) is 5.39. The van der Waals surface area contributed by atoms with Crippen molar-refractivity contribution >= 4 is 27.3 Å². The van der Waals surface area contributed by atoms with Gasteiger partial charge < -0.3 is 5.11 Å². The molecule has 2 rings (SSSR count). The van der Waals surface area contributed by atoms with Crippen LogP contribution in [0.5, 0.6) is 0 Å². The third-order valence-electron chi connectivity index (χ3n) is 2.56. The van der Waals surface area contributed by atoms with Crippen molar-refractivity contribution in [1.29, 1.82) is 0 Å². The molecule has 0 fully saturated rings. The summed E-state index contributed by atoms with van der Waals surface area (Å²) >= 11 is 5.60. The summed E-state index contributed by atoms with van der Waals surface area (Å²) in [5, 5.41) is 15.4. The van der Waals surface area contributed by atoms with Gasteiger partial charge in [-0.15, -0.1) is 0 Å². The summed E-state index contributed by atoms with van der Waals surface area (Å²) in [6.45, 7) is 0.933.